The van der Waals surface area contributed by atoms with E-state index in [0.29, 0.717) is 24.2 Å². The number of amides is 1. The van der Waals surface area contributed by atoms with Crippen LogP contribution < -0.4 is 5.32 Å². The van der Waals surface area contributed by atoms with Crippen molar-refractivity contribution >= 4 is 22.4 Å². The highest BCUT2D eigenvalue weighted by atomic mass is 16.7. The van der Waals surface area contributed by atoms with Crippen LogP contribution in [0.2, 0.25) is 0 Å². The zero-order valence-electron chi connectivity index (χ0n) is 25.1. The van der Waals surface area contributed by atoms with Gasteiger partial charge < -0.3 is 19.9 Å². The minimum absolute atomic E-state index is 0.000879. The van der Waals surface area contributed by atoms with Crippen molar-refractivity contribution in [2.75, 3.05) is 18.9 Å². The van der Waals surface area contributed by atoms with Crippen molar-refractivity contribution in [1.29, 1.82) is 0 Å². The molecule has 0 saturated carbocycles. The number of nitrogens with zero attached hydrogens (tertiary/aromatic N) is 1. The Hall–Kier alpha value is -4.33. The van der Waals surface area contributed by atoms with E-state index >= 15 is 0 Å². The number of aliphatic hydroxyl groups is 1. The number of ether oxygens (including phenoxy) is 2. The van der Waals surface area contributed by atoms with E-state index < -0.39 is 6.29 Å². The van der Waals surface area contributed by atoms with Crippen molar-refractivity contribution in [2.24, 2.45) is 0 Å². The highest BCUT2D eigenvalue weighted by molar-refractivity contribution is 6.04. The van der Waals surface area contributed by atoms with Crippen LogP contribution in [0.25, 0.3) is 10.8 Å². The molecule has 2 N–H and O–H groups in total. The molecule has 0 bridgehead atoms. The Morgan fingerprint density at radius 2 is 1.59 bits per heavy atom. The Morgan fingerprint density at radius 1 is 0.841 bits per heavy atom. The first kappa shape index (κ1) is 29.7. The third-order valence-corrected chi connectivity index (χ3v) is 8.48. The average molecular weight is 587 g/mol. The molecule has 0 spiro atoms. The van der Waals surface area contributed by atoms with Gasteiger partial charge in [-0.2, -0.15) is 0 Å². The molecule has 5 aromatic rings. The number of aliphatic hydroxyl groups excluding tert-OH is 1. The number of rotatable bonds is 9. The number of benzene rings is 5. The van der Waals surface area contributed by atoms with E-state index in [1.54, 1.807) is 12.1 Å². The molecule has 6 rings (SSSR count). The summed E-state index contributed by atoms with van der Waals surface area (Å²) in [7, 11) is 2.14. The first-order chi connectivity index (χ1) is 21.5. The van der Waals surface area contributed by atoms with Gasteiger partial charge in [0.1, 0.15) is 0 Å². The van der Waals surface area contributed by atoms with E-state index in [1.165, 1.54) is 16.3 Å². The van der Waals surface area contributed by atoms with Crippen LogP contribution in [0, 0.1) is 0 Å². The van der Waals surface area contributed by atoms with Gasteiger partial charge in [-0.3, -0.25) is 9.69 Å². The van der Waals surface area contributed by atoms with Crippen LogP contribution in [0.4, 0.5) is 5.69 Å². The maximum Gasteiger partial charge on any atom is 0.255 e. The van der Waals surface area contributed by atoms with Crippen molar-refractivity contribution in [1.82, 2.24) is 4.90 Å². The van der Waals surface area contributed by atoms with Crippen LogP contribution in [0.5, 0.6) is 0 Å². The number of carbonyl (C=O) groups is 1. The van der Waals surface area contributed by atoms with Crippen LogP contribution in [0.1, 0.15) is 64.4 Å². The van der Waals surface area contributed by atoms with Gasteiger partial charge in [-0.05, 0) is 71.8 Å². The summed E-state index contributed by atoms with van der Waals surface area (Å²) in [6, 6.07) is 40.0. The van der Waals surface area contributed by atoms with Gasteiger partial charge in [-0.15, -0.1) is 0 Å². The van der Waals surface area contributed by atoms with Crippen molar-refractivity contribution in [3.63, 3.8) is 0 Å². The summed E-state index contributed by atoms with van der Waals surface area (Å²) in [5.41, 5.74) is 5.27. The van der Waals surface area contributed by atoms with Crippen molar-refractivity contribution in [3.05, 3.63) is 149 Å². The van der Waals surface area contributed by atoms with E-state index in [0.717, 1.165) is 16.7 Å². The average Bonchev–Trinajstić information content (AvgIpc) is 3.08. The molecule has 1 fully saturated rings. The molecule has 1 heterocycles. The van der Waals surface area contributed by atoms with E-state index in [4.69, 9.17) is 9.47 Å². The van der Waals surface area contributed by atoms with Crippen molar-refractivity contribution in [2.45, 2.75) is 44.5 Å². The van der Waals surface area contributed by atoms with E-state index in [1.807, 2.05) is 66.7 Å². The predicted octanol–water partition coefficient (Wildman–Crippen LogP) is 7.82. The maximum absolute atomic E-state index is 12.8. The van der Waals surface area contributed by atoms with Crippen molar-refractivity contribution < 1.29 is 19.4 Å². The second-order valence-corrected chi connectivity index (χ2v) is 11.5. The predicted molar refractivity (Wildman–Crippen MR) is 174 cm³/mol. The standard InChI is InChI=1S/C38H38N2O4/c1-26(31-20-19-28-9-6-7-12-32(28)21-31)40(2)24-35-23-36(29-17-15-27(25-41)16-18-29)44-38(43-35)33-13-8-14-34(22-33)39-37(42)30-10-4-3-5-11-30/h3-22,26,35-36,38,41H,23-25H2,1-2H3,(H,39,42)/t26-,35+,36-,38-/m1/s1. The number of hydrogen-bond donors (Lipinski definition) is 2. The summed E-state index contributed by atoms with van der Waals surface area (Å²) < 4.78 is 13.2. The molecule has 5 aromatic carbocycles. The van der Waals surface area contributed by atoms with Crippen molar-refractivity contribution in [3.8, 4) is 0 Å². The lowest BCUT2D eigenvalue weighted by Gasteiger charge is -2.39. The minimum atomic E-state index is -0.616. The summed E-state index contributed by atoms with van der Waals surface area (Å²) in [4.78, 5) is 15.2. The summed E-state index contributed by atoms with van der Waals surface area (Å²) in [6.45, 7) is 2.94. The molecule has 4 atom stereocenters. The first-order valence-corrected chi connectivity index (χ1v) is 15.1. The maximum atomic E-state index is 12.8. The molecule has 1 aliphatic rings. The second-order valence-electron chi connectivity index (χ2n) is 11.5. The molecule has 0 radical (unpaired) electrons. The molecular formula is C38H38N2O4. The van der Waals surface area contributed by atoms with Gasteiger partial charge in [0.25, 0.3) is 5.91 Å². The van der Waals surface area contributed by atoms with Gasteiger partial charge in [0, 0.05) is 35.8 Å². The molecule has 0 unspecified atom stereocenters. The Labute approximate surface area is 258 Å². The fourth-order valence-electron chi connectivity index (χ4n) is 5.79. The Balaban J connectivity index is 1.22. The van der Waals surface area contributed by atoms with E-state index in [-0.39, 0.29) is 30.8 Å². The Bertz CT molecular complexity index is 1710. The molecule has 6 heteroatoms. The number of fused-ring (bicyclic) bond motifs is 1. The number of carbonyl (C=O) groups excluding carboxylic acids is 1. The van der Waals surface area contributed by atoms with Crippen LogP contribution in [-0.2, 0) is 16.1 Å². The minimum Gasteiger partial charge on any atom is -0.392 e. The molecule has 0 aliphatic carbocycles. The largest absolute Gasteiger partial charge is 0.392 e. The molecule has 1 aliphatic heterocycles. The fraction of sp³-hybridized carbons (Fsp3) is 0.237. The van der Waals surface area contributed by atoms with Crippen LogP contribution >= 0.6 is 0 Å². The smallest absolute Gasteiger partial charge is 0.255 e. The zero-order chi connectivity index (χ0) is 30.5. The first-order valence-electron chi connectivity index (χ1n) is 15.1. The molecular weight excluding hydrogens is 548 g/mol. The molecule has 1 saturated heterocycles. The summed E-state index contributed by atoms with van der Waals surface area (Å²) >= 11 is 0. The normalized spacial score (nSPS) is 19.1. The molecule has 6 nitrogen and oxygen atoms in total. The highest BCUT2D eigenvalue weighted by Crippen LogP contribution is 2.39. The zero-order valence-corrected chi connectivity index (χ0v) is 25.1. The molecule has 44 heavy (non-hydrogen) atoms. The monoisotopic (exact) mass is 586 g/mol. The summed E-state index contributed by atoms with van der Waals surface area (Å²) in [6.07, 6.45) is -0.229. The topological polar surface area (TPSA) is 71.0 Å². The van der Waals surface area contributed by atoms with Crippen LogP contribution in [0.15, 0.2) is 121 Å². The van der Waals surface area contributed by atoms with Gasteiger partial charge in [0.2, 0.25) is 0 Å². The second kappa shape index (κ2) is 13.5. The molecule has 224 valence electrons. The highest BCUT2D eigenvalue weighted by Gasteiger charge is 2.33. The number of likely N-dealkylation sites (N-methyl/N-ethyl adjacent to an activating group) is 1. The molecule has 1 amide bonds. The lowest BCUT2D eigenvalue weighted by atomic mass is 9.98. The summed E-state index contributed by atoms with van der Waals surface area (Å²) in [5.74, 6) is -0.169. The third-order valence-electron chi connectivity index (χ3n) is 8.48. The SMILES string of the molecule is C[C@H](c1ccc2ccccc2c1)N(C)C[C@@H]1C[C@H](c2ccc(CO)cc2)O[C@H](c2cccc(NC(=O)c3ccccc3)c2)O1. The lowest BCUT2D eigenvalue weighted by molar-refractivity contribution is -0.253. The number of hydrogen-bond acceptors (Lipinski definition) is 5. The van der Waals surface area contributed by atoms with Gasteiger partial charge in [-0.1, -0.05) is 91.0 Å². The van der Waals surface area contributed by atoms with Crippen LogP contribution in [-0.4, -0.2) is 35.6 Å². The number of nitrogens with one attached hydrogen (secondary N) is 1. The van der Waals surface area contributed by atoms with Gasteiger partial charge in [0.05, 0.1) is 18.8 Å². The van der Waals surface area contributed by atoms with Gasteiger partial charge in [0.15, 0.2) is 6.29 Å². The number of anilines is 1. The van der Waals surface area contributed by atoms with Gasteiger partial charge >= 0.3 is 0 Å². The lowest BCUT2D eigenvalue weighted by Crippen LogP contribution is -2.38. The molecule has 0 aromatic heterocycles. The van der Waals surface area contributed by atoms with Gasteiger partial charge in [-0.25, -0.2) is 0 Å². The fourth-order valence-corrected chi connectivity index (χ4v) is 5.79. The summed E-state index contributed by atoms with van der Waals surface area (Å²) in [5, 5.41) is 15.0. The quantitative estimate of drug-likeness (QED) is 0.184. The van der Waals surface area contributed by atoms with Crippen LogP contribution in [0.3, 0.4) is 0 Å². The Kier molecular flexibility index (Phi) is 9.15. The third kappa shape index (κ3) is 6.90. The van der Waals surface area contributed by atoms with E-state index in [9.17, 15) is 9.90 Å². The van der Waals surface area contributed by atoms with E-state index in [2.05, 4.69) is 66.7 Å². The Morgan fingerprint density at radius 3 is 2.36 bits per heavy atom.